The molecule has 1 aliphatic rings. The van der Waals surface area contributed by atoms with E-state index in [4.69, 9.17) is 16.3 Å². The van der Waals surface area contributed by atoms with Gasteiger partial charge in [-0.1, -0.05) is 11.6 Å². The van der Waals surface area contributed by atoms with Crippen LogP contribution in [0.3, 0.4) is 0 Å². The number of urea groups is 1. The number of halogens is 1. The lowest BCUT2D eigenvalue weighted by Crippen LogP contribution is -2.50. The molecule has 35 heavy (non-hydrogen) atoms. The zero-order valence-corrected chi connectivity index (χ0v) is 21.0. The lowest BCUT2D eigenvalue weighted by molar-refractivity contribution is 0.167. The molecule has 2 aromatic heterocycles. The van der Waals surface area contributed by atoms with Crippen LogP contribution in [0, 0.1) is 0 Å². The number of nitrogens with one attached hydrogen (secondary N) is 2. The maximum Gasteiger partial charge on any atom is 0.319 e. The molecule has 1 fully saturated rings. The Labute approximate surface area is 209 Å². The second-order valence-corrected chi connectivity index (χ2v) is 10.7. The number of nitrogens with zero attached hydrogens (tertiary/aromatic N) is 4. The van der Waals surface area contributed by atoms with Crippen LogP contribution >= 0.6 is 11.6 Å². The van der Waals surface area contributed by atoms with Crippen molar-refractivity contribution in [3.05, 3.63) is 71.3 Å². The van der Waals surface area contributed by atoms with Crippen LogP contribution in [0.25, 0.3) is 0 Å². The van der Waals surface area contributed by atoms with E-state index in [9.17, 15) is 13.2 Å². The first kappa shape index (κ1) is 25.0. The molecule has 2 unspecified atom stereocenters. The van der Waals surface area contributed by atoms with Crippen molar-refractivity contribution in [3.63, 3.8) is 0 Å². The number of rotatable bonds is 7. The van der Waals surface area contributed by atoms with Crippen LogP contribution in [0.4, 0.5) is 10.5 Å². The average molecular weight is 519 g/mol. The Morgan fingerprint density at radius 3 is 2.60 bits per heavy atom. The molecule has 10 nitrogen and oxygen atoms in total. The predicted molar refractivity (Wildman–Crippen MR) is 133 cm³/mol. The van der Waals surface area contributed by atoms with Crippen LogP contribution in [-0.2, 0) is 16.6 Å². The van der Waals surface area contributed by atoms with Crippen LogP contribution in [0.1, 0.15) is 23.6 Å². The number of amides is 2. The van der Waals surface area contributed by atoms with Crippen molar-refractivity contribution in [2.45, 2.75) is 24.9 Å². The molecule has 3 aromatic rings. The Kier molecular flexibility index (Phi) is 7.58. The number of likely N-dealkylation sites (tertiary alicyclic amines) is 1. The molecule has 0 radical (unpaired) electrons. The first-order valence-electron chi connectivity index (χ1n) is 11.0. The predicted octanol–water partition coefficient (Wildman–Crippen LogP) is 2.93. The molecule has 0 bridgehead atoms. The third-order valence-corrected chi connectivity index (χ3v) is 6.98. The van der Waals surface area contributed by atoms with Gasteiger partial charge in [0, 0.05) is 59.8 Å². The third kappa shape index (κ3) is 6.50. The Morgan fingerprint density at radius 1 is 1.20 bits per heavy atom. The Balaban J connectivity index is 1.48. The van der Waals surface area contributed by atoms with E-state index in [1.165, 1.54) is 6.20 Å². The van der Waals surface area contributed by atoms with Gasteiger partial charge in [-0.2, -0.15) is 9.19 Å². The number of anilines is 1. The van der Waals surface area contributed by atoms with E-state index in [0.29, 0.717) is 42.5 Å². The maximum atomic E-state index is 12.7. The molecule has 3 heterocycles. The average Bonchev–Trinajstić information content (AvgIpc) is 3.31. The molecular weight excluding hydrogens is 492 g/mol. The third-order valence-electron chi connectivity index (χ3n) is 5.85. The number of piperidine rings is 1. The van der Waals surface area contributed by atoms with Gasteiger partial charge in [0.25, 0.3) is 10.0 Å². The first-order valence-corrected chi connectivity index (χ1v) is 13.2. The molecule has 1 aromatic carbocycles. The summed E-state index contributed by atoms with van der Waals surface area (Å²) in [5.41, 5.74) is 2.27. The summed E-state index contributed by atoms with van der Waals surface area (Å²) in [6.07, 6.45) is 6.55. The van der Waals surface area contributed by atoms with Crippen molar-refractivity contribution in [3.8, 4) is 5.75 Å². The summed E-state index contributed by atoms with van der Waals surface area (Å²) in [5.74, 6) is 0.565. The summed E-state index contributed by atoms with van der Waals surface area (Å²) < 4.78 is 29.7. The number of hydrogen-bond donors (Lipinski definition) is 2. The normalized spacial score (nSPS) is 18.7. The standard InChI is InChI=1S/C23H27ClN6O4S/c1-34-19-7-8-21(25-12-19)20-15-29(13-16-11-26-30(14-16)35(2,32)33)10-9-22(20)28-23(31)27-18-5-3-17(24)4-6-18/h3-8,11-12,14,20,22H,9-10,13,15H2,1-2H3,(H2,27,28,31). The van der Waals surface area contributed by atoms with Crippen molar-refractivity contribution >= 4 is 33.3 Å². The van der Waals surface area contributed by atoms with Crippen LogP contribution in [-0.4, -0.2) is 66.0 Å². The second kappa shape index (κ2) is 10.6. The molecular formula is C23H27ClN6O4S. The van der Waals surface area contributed by atoms with Gasteiger partial charge in [0.1, 0.15) is 5.75 Å². The lowest BCUT2D eigenvalue weighted by Gasteiger charge is -2.38. The number of carbonyl (C=O) groups is 1. The number of hydrogen-bond acceptors (Lipinski definition) is 7. The Morgan fingerprint density at radius 2 is 1.97 bits per heavy atom. The van der Waals surface area contributed by atoms with Gasteiger partial charge in [0.2, 0.25) is 0 Å². The molecule has 186 valence electrons. The summed E-state index contributed by atoms with van der Waals surface area (Å²) in [6, 6.07) is 10.2. The van der Waals surface area contributed by atoms with Crippen LogP contribution in [0.15, 0.2) is 55.0 Å². The lowest BCUT2D eigenvalue weighted by atomic mass is 9.88. The van der Waals surface area contributed by atoms with E-state index in [0.717, 1.165) is 21.6 Å². The fourth-order valence-corrected chi connectivity index (χ4v) is 4.77. The van der Waals surface area contributed by atoms with Gasteiger partial charge in [-0.3, -0.25) is 9.88 Å². The van der Waals surface area contributed by atoms with Crippen molar-refractivity contribution in [1.82, 2.24) is 24.4 Å². The molecule has 1 aliphatic heterocycles. The Bertz CT molecular complexity index is 1260. The van der Waals surface area contributed by atoms with Gasteiger partial charge in [-0.15, -0.1) is 0 Å². The Hall–Kier alpha value is -3.15. The molecule has 2 amide bonds. The highest BCUT2D eigenvalue weighted by Crippen LogP contribution is 2.28. The minimum Gasteiger partial charge on any atom is -0.495 e. The SMILES string of the molecule is COc1ccc(C2CN(Cc3cnn(S(C)(=O)=O)c3)CCC2NC(=O)Nc2ccc(Cl)cc2)nc1. The van der Waals surface area contributed by atoms with E-state index in [1.54, 1.807) is 43.8 Å². The molecule has 4 rings (SSSR count). The zero-order valence-electron chi connectivity index (χ0n) is 19.4. The fourth-order valence-electron chi connectivity index (χ4n) is 4.10. The molecule has 12 heteroatoms. The van der Waals surface area contributed by atoms with Crippen LogP contribution in [0.2, 0.25) is 5.02 Å². The summed E-state index contributed by atoms with van der Waals surface area (Å²) in [6.45, 7) is 1.86. The fraction of sp³-hybridized carbons (Fsp3) is 0.348. The van der Waals surface area contributed by atoms with Gasteiger partial charge in [0.05, 0.1) is 25.8 Å². The number of aromatic nitrogens is 3. The van der Waals surface area contributed by atoms with Gasteiger partial charge in [-0.05, 0) is 42.8 Å². The number of benzene rings is 1. The summed E-state index contributed by atoms with van der Waals surface area (Å²) in [7, 11) is -1.85. The largest absolute Gasteiger partial charge is 0.495 e. The number of ether oxygens (including phenoxy) is 1. The minimum atomic E-state index is -3.43. The van der Waals surface area contributed by atoms with Gasteiger partial charge < -0.3 is 15.4 Å². The monoisotopic (exact) mass is 518 g/mol. The highest BCUT2D eigenvalue weighted by molar-refractivity contribution is 7.89. The van der Waals surface area contributed by atoms with Crippen molar-refractivity contribution in [2.75, 3.05) is 31.8 Å². The maximum absolute atomic E-state index is 12.7. The van der Waals surface area contributed by atoms with Crippen molar-refractivity contribution in [1.29, 1.82) is 0 Å². The molecule has 0 saturated carbocycles. The molecule has 1 saturated heterocycles. The number of methoxy groups -OCH3 is 1. The van der Waals surface area contributed by atoms with Crippen molar-refractivity contribution in [2.24, 2.45) is 0 Å². The molecule has 0 aliphatic carbocycles. The van der Waals surface area contributed by atoms with Gasteiger partial charge >= 0.3 is 6.03 Å². The molecule has 2 atom stereocenters. The topological polar surface area (TPSA) is 118 Å². The number of pyridine rings is 1. The highest BCUT2D eigenvalue weighted by atomic mass is 35.5. The van der Waals surface area contributed by atoms with E-state index < -0.39 is 10.0 Å². The summed E-state index contributed by atoms with van der Waals surface area (Å²) in [4.78, 5) is 19.5. The second-order valence-electron chi connectivity index (χ2n) is 8.45. The van der Waals surface area contributed by atoms with E-state index >= 15 is 0 Å². The van der Waals surface area contributed by atoms with Crippen LogP contribution in [0.5, 0.6) is 5.75 Å². The van der Waals surface area contributed by atoms with E-state index in [1.807, 2.05) is 12.1 Å². The number of carbonyl (C=O) groups excluding carboxylic acids is 1. The van der Waals surface area contributed by atoms with Gasteiger partial charge in [-0.25, -0.2) is 13.2 Å². The highest BCUT2D eigenvalue weighted by Gasteiger charge is 2.33. The quantitative estimate of drug-likeness (QED) is 0.493. The zero-order chi connectivity index (χ0) is 25.0. The van der Waals surface area contributed by atoms with E-state index in [2.05, 4.69) is 25.6 Å². The van der Waals surface area contributed by atoms with Crippen molar-refractivity contribution < 1.29 is 17.9 Å². The summed E-state index contributed by atoms with van der Waals surface area (Å²) in [5, 5.41) is 10.5. The summed E-state index contributed by atoms with van der Waals surface area (Å²) >= 11 is 5.92. The van der Waals surface area contributed by atoms with Gasteiger partial charge in [0.15, 0.2) is 0 Å². The molecule has 0 spiro atoms. The minimum absolute atomic E-state index is 0.0874. The van der Waals surface area contributed by atoms with E-state index in [-0.39, 0.29) is 18.0 Å². The molecule has 2 N–H and O–H groups in total. The first-order chi connectivity index (χ1) is 16.7. The van der Waals surface area contributed by atoms with Crippen LogP contribution < -0.4 is 15.4 Å². The smallest absolute Gasteiger partial charge is 0.319 e.